The van der Waals surface area contributed by atoms with E-state index < -0.39 is 41.6 Å². The molecule has 5 rings (SSSR count). The smallest absolute Gasteiger partial charge is 0.434 e. The summed E-state index contributed by atoms with van der Waals surface area (Å²) in [6.07, 6.45) is 2.23. The summed E-state index contributed by atoms with van der Waals surface area (Å²) in [6, 6.07) is 4.30. The topological polar surface area (TPSA) is 56.5 Å². The Bertz CT molecular complexity index is 1470. The molecule has 0 spiro atoms. The number of ether oxygens (including phenoxy) is 1. The molecule has 1 aromatic carbocycles. The van der Waals surface area contributed by atoms with Gasteiger partial charge in [0.1, 0.15) is 5.82 Å². The second-order valence-corrected chi connectivity index (χ2v) is 13.8. The maximum Gasteiger partial charge on any atom is 0.434 e. The summed E-state index contributed by atoms with van der Waals surface area (Å²) in [5.74, 6) is 0.332. The lowest BCUT2D eigenvalue weighted by Crippen LogP contribution is -2.35. The molecular weight excluding hydrogens is 639 g/mol. The highest BCUT2D eigenvalue weighted by atomic mass is 19.4. The fraction of sp³-hybridized carbons (Fsp3) is 0.639. The van der Waals surface area contributed by atoms with Crippen LogP contribution in [0, 0.1) is 41.3 Å². The predicted molar refractivity (Wildman–Crippen MR) is 169 cm³/mol. The lowest BCUT2D eigenvalue weighted by molar-refractivity contribution is -0.147. The first-order valence-electron chi connectivity index (χ1n) is 17.2. The number of halogens is 7. The largest absolute Gasteiger partial charge is 0.490 e. The van der Waals surface area contributed by atoms with Gasteiger partial charge in [0.15, 0.2) is 23.0 Å². The number of carbonyl (C=O) groups is 1. The van der Waals surface area contributed by atoms with Crippen molar-refractivity contribution in [3.63, 3.8) is 0 Å². The van der Waals surface area contributed by atoms with Gasteiger partial charge >= 0.3 is 12.4 Å². The number of aliphatic imine (C=N–C) groups is 1. The molecule has 48 heavy (non-hydrogen) atoms. The number of rotatable bonds is 12. The molecule has 264 valence electrons. The van der Waals surface area contributed by atoms with Crippen LogP contribution in [0.5, 0.6) is 5.75 Å². The van der Waals surface area contributed by atoms with E-state index in [4.69, 9.17) is 4.74 Å². The number of carbonyl (C=O) groups excluding carboxylic acids is 1. The van der Waals surface area contributed by atoms with E-state index in [9.17, 15) is 31.1 Å². The SMILES string of the molecule is CC=C(N=Cc1cccc(F)c1OCC1CCC(C2CCC(CC(F)(F)F)CC2)CC1C1CC1)n1ncc(C(=O)CCC)c1C(F)(F)F. The monoisotopic (exact) mass is 683 g/mol. The molecule has 0 bridgehead atoms. The maximum absolute atomic E-state index is 15.2. The molecule has 0 saturated heterocycles. The number of allylic oxidation sites excluding steroid dienone is 1. The summed E-state index contributed by atoms with van der Waals surface area (Å²) in [7, 11) is 0. The summed E-state index contributed by atoms with van der Waals surface area (Å²) >= 11 is 0. The molecule has 0 radical (unpaired) electrons. The summed E-state index contributed by atoms with van der Waals surface area (Å²) in [5.41, 5.74) is -1.48. The minimum Gasteiger partial charge on any atom is -0.490 e. The summed E-state index contributed by atoms with van der Waals surface area (Å²) in [6.45, 7) is 3.48. The van der Waals surface area contributed by atoms with Crippen LogP contribution >= 0.6 is 0 Å². The molecule has 3 aliphatic rings. The van der Waals surface area contributed by atoms with Crippen molar-refractivity contribution in [1.82, 2.24) is 9.78 Å². The van der Waals surface area contributed by atoms with E-state index in [-0.39, 0.29) is 42.0 Å². The van der Waals surface area contributed by atoms with Crippen molar-refractivity contribution in [2.24, 2.45) is 40.5 Å². The number of benzene rings is 1. The van der Waals surface area contributed by atoms with Crippen LogP contribution in [-0.2, 0) is 6.18 Å². The summed E-state index contributed by atoms with van der Waals surface area (Å²) < 4.78 is 103. The fourth-order valence-electron chi connectivity index (χ4n) is 7.95. The fourth-order valence-corrected chi connectivity index (χ4v) is 7.95. The van der Waals surface area contributed by atoms with Crippen LogP contribution in [0.3, 0.4) is 0 Å². The third kappa shape index (κ3) is 8.88. The van der Waals surface area contributed by atoms with Crippen molar-refractivity contribution in [2.45, 2.75) is 103 Å². The molecule has 3 fully saturated rings. The van der Waals surface area contributed by atoms with Crippen molar-refractivity contribution in [3.05, 3.63) is 53.1 Å². The first kappa shape index (κ1) is 36.1. The van der Waals surface area contributed by atoms with E-state index in [0.29, 0.717) is 47.6 Å². The highest BCUT2D eigenvalue weighted by Gasteiger charge is 2.44. The van der Waals surface area contributed by atoms with Gasteiger partial charge in [-0.15, -0.1) is 0 Å². The Balaban J connectivity index is 1.26. The van der Waals surface area contributed by atoms with Crippen LogP contribution < -0.4 is 4.74 Å². The Hall–Kier alpha value is -3.18. The van der Waals surface area contributed by atoms with E-state index >= 15 is 4.39 Å². The zero-order valence-electron chi connectivity index (χ0n) is 27.4. The van der Waals surface area contributed by atoms with Gasteiger partial charge in [0.25, 0.3) is 0 Å². The van der Waals surface area contributed by atoms with Crippen molar-refractivity contribution < 1.29 is 40.3 Å². The van der Waals surface area contributed by atoms with Crippen LogP contribution in [0.15, 0.2) is 35.5 Å². The molecule has 5 nitrogen and oxygen atoms in total. The lowest BCUT2D eigenvalue weighted by Gasteiger charge is -2.42. The van der Waals surface area contributed by atoms with Gasteiger partial charge in [-0.1, -0.05) is 13.0 Å². The van der Waals surface area contributed by atoms with Gasteiger partial charge in [0, 0.05) is 24.6 Å². The number of nitrogens with zero attached hydrogens (tertiary/aromatic N) is 3. The van der Waals surface area contributed by atoms with Crippen LogP contribution in [0.2, 0.25) is 0 Å². The molecule has 1 heterocycles. The standard InChI is InChI=1S/C36H44F7N3O2/c1-3-6-31(47)29-20-45-46(34(29)36(41,42)43)32(4-2)44-19-26-7-5-8-30(37)33(26)48-21-27-16-15-25(17-28(27)24-13-14-24)23-11-9-22(10-12-23)18-35(38,39)40/h4-5,7-8,19-20,22-25,27-28H,3,6,9-18,21H2,1-2H3. The van der Waals surface area contributed by atoms with E-state index in [1.807, 2.05) is 0 Å². The van der Waals surface area contributed by atoms with Crippen molar-refractivity contribution >= 4 is 17.8 Å². The molecular formula is C36H44F7N3O2. The third-order valence-electron chi connectivity index (χ3n) is 10.5. The lowest BCUT2D eigenvalue weighted by atomic mass is 9.64. The van der Waals surface area contributed by atoms with Crippen LogP contribution in [-0.4, -0.2) is 34.6 Å². The van der Waals surface area contributed by atoms with Gasteiger partial charge in [-0.05, 0) is 125 Å². The maximum atomic E-state index is 15.2. The van der Waals surface area contributed by atoms with Crippen LogP contribution in [0.25, 0.3) is 5.82 Å². The number of Topliss-reactive ketones (excluding diaryl/α,β-unsaturated/α-hetero) is 1. The van der Waals surface area contributed by atoms with E-state index in [1.165, 1.54) is 31.3 Å². The Labute approximate surface area is 277 Å². The second-order valence-electron chi connectivity index (χ2n) is 13.8. The van der Waals surface area contributed by atoms with Gasteiger partial charge in [-0.3, -0.25) is 4.79 Å². The minimum absolute atomic E-state index is 0.0355. The normalized spacial score (nSPS) is 25.9. The van der Waals surface area contributed by atoms with Crippen LogP contribution in [0.4, 0.5) is 30.7 Å². The van der Waals surface area contributed by atoms with Gasteiger partial charge < -0.3 is 4.74 Å². The highest BCUT2D eigenvalue weighted by Crippen LogP contribution is 2.52. The molecule has 0 aliphatic heterocycles. The number of aromatic nitrogens is 2. The zero-order valence-corrected chi connectivity index (χ0v) is 27.4. The Kier molecular flexibility index (Phi) is 11.4. The number of hydrogen-bond donors (Lipinski definition) is 0. The van der Waals surface area contributed by atoms with E-state index in [2.05, 4.69) is 10.1 Å². The minimum atomic E-state index is -4.87. The average Bonchev–Trinajstić information content (AvgIpc) is 3.77. The number of para-hydroxylation sites is 1. The molecule has 0 amide bonds. The van der Waals surface area contributed by atoms with E-state index in [1.54, 1.807) is 13.0 Å². The Morgan fingerprint density at radius 2 is 1.69 bits per heavy atom. The first-order valence-corrected chi connectivity index (χ1v) is 17.2. The van der Waals surface area contributed by atoms with Gasteiger partial charge in [-0.2, -0.15) is 31.4 Å². The Morgan fingerprint density at radius 3 is 2.31 bits per heavy atom. The molecule has 3 aliphatic carbocycles. The average molecular weight is 684 g/mol. The van der Waals surface area contributed by atoms with Crippen LogP contribution in [0.1, 0.15) is 113 Å². The molecule has 3 saturated carbocycles. The second kappa shape index (κ2) is 15.2. The summed E-state index contributed by atoms with van der Waals surface area (Å²) in [5, 5.41) is 3.84. The molecule has 3 unspecified atom stereocenters. The quantitative estimate of drug-likeness (QED) is 0.127. The third-order valence-corrected chi connectivity index (χ3v) is 10.5. The number of hydrogen-bond acceptors (Lipinski definition) is 4. The van der Waals surface area contributed by atoms with Crippen molar-refractivity contribution in [2.75, 3.05) is 6.61 Å². The number of ketones is 1. The Morgan fingerprint density at radius 1 is 1.00 bits per heavy atom. The van der Waals surface area contributed by atoms with Gasteiger partial charge in [0.2, 0.25) is 0 Å². The predicted octanol–water partition coefficient (Wildman–Crippen LogP) is 10.5. The first-order chi connectivity index (χ1) is 22.8. The molecule has 0 N–H and O–H groups in total. The van der Waals surface area contributed by atoms with Gasteiger partial charge in [0.05, 0.1) is 18.4 Å². The van der Waals surface area contributed by atoms with Gasteiger partial charge in [-0.25, -0.2) is 14.1 Å². The highest BCUT2D eigenvalue weighted by molar-refractivity contribution is 5.97. The van der Waals surface area contributed by atoms with Crippen molar-refractivity contribution in [1.29, 1.82) is 0 Å². The van der Waals surface area contributed by atoms with E-state index in [0.717, 1.165) is 51.1 Å². The zero-order chi connectivity index (χ0) is 34.6. The molecule has 3 atom stereocenters. The molecule has 12 heteroatoms. The summed E-state index contributed by atoms with van der Waals surface area (Å²) in [4.78, 5) is 16.6. The number of alkyl halides is 6. The molecule has 1 aromatic heterocycles. The van der Waals surface area contributed by atoms with Crippen molar-refractivity contribution in [3.8, 4) is 5.75 Å². The molecule has 2 aromatic rings.